The summed E-state index contributed by atoms with van der Waals surface area (Å²) >= 11 is 0. The molecule has 0 saturated carbocycles. The number of nitrogens with two attached hydrogens (primary N) is 1. The van der Waals surface area contributed by atoms with Gasteiger partial charge < -0.3 is 14.8 Å². The molecule has 1 aromatic carbocycles. The van der Waals surface area contributed by atoms with Gasteiger partial charge in [-0.1, -0.05) is 11.2 Å². The third kappa shape index (κ3) is 1.95. The predicted octanol–water partition coefficient (Wildman–Crippen LogP) is 2.34. The van der Waals surface area contributed by atoms with E-state index in [1.165, 1.54) is 0 Å². The second-order valence-electron chi connectivity index (χ2n) is 4.86. The van der Waals surface area contributed by atoms with Crippen LogP contribution >= 0.6 is 0 Å². The number of aromatic nitrogens is 4. The summed E-state index contributed by atoms with van der Waals surface area (Å²) in [6.45, 7) is 3.97. The molecule has 0 saturated heterocycles. The molecule has 0 fully saturated rings. The highest BCUT2D eigenvalue weighted by Gasteiger charge is 2.16. The van der Waals surface area contributed by atoms with Crippen LogP contribution in [0.4, 0.5) is 5.69 Å². The summed E-state index contributed by atoms with van der Waals surface area (Å²) in [6, 6.07) is 3.97. The quantitative estimate of drug-likeness (QED) is 0.722. The van der Waals surface area contributed by atoms with Crippen LogP contribution < -0.4 is 5.73 Å². The standard InChI is InChI=1S/C14H15N5O/c1-8-4-9(2)12(15)10(5-8)14-17-13(18-20-14)11-6-16-7-19(11)3/h4-7H,15H2,1-3H3. The Bertz CT molecular complexity index is 772. The number of benzene rings is 1. The topological polar surface area (TPSA) is 82.8 Å². The molecule has 2 aromatic heterocycles. The Balaban J connectivity index is 2.09. The van der Waals surface area contributed by atoms with Gasteiger partial charge in [-0.3, -0.25) is 0 Å². The normalized spacial score (nSPS) is 10.9. The largest absolute Gasteiger partial charge is 0.398 e. The lowest BCUT2D eigenvalue weighted by Crippen LogP contribution is -1.95. The summed E-state index contributed by atoms with van der Waals surface area (Å²) < 4.78 is 7.17. The van der Waals surface area contributed by atoms with Crippen molar-refractivity contribution in [2.24, 2.45) is 7.05 Å². The summed E-state index contributed by atoms with van der Waals surface area (Å²) in [4.78, 5) is 8.45. The Morgan fingerprint density at radius 3 is 2.75 bits per heavy atom. The van der Waals surface area contributed by atoms with Crippen molar-refractivity contribution >= 4 is 5.69 Å². The van der Waals surface area contributed by atoms with Crippen LogP contribution in [0.1, 0.15) is 11.1 Å². The molecule has 0 aliphatic carbocycles. The Morgan fingerprint density at radius 1 is 1.25 bits per heavy atom. The molecule has 0 radical (unpaired) electrons. The first kappa shape index (κ1) is 12.4. The van der Waals surface area contributed by atoms with Crippen molar-refractivity contribution in [1.29, 1.82) is 0 Å². The molecule has 20 heavy (non-hydrogen) atoms. The van der Waals surface area contributed by atoms with Gasteiger partial charge in [-0.05, 0) is 31.0 Å². The number of aryl methyl sites for hydroxylation is 3. The zero-order valence-electron chi connectivity index (χ0n) is 11.6. The van der Waals surface area contributed by atoms with Gasteiger partial charge in [0.15, 0.2) is 0 Å². The lowest BCUT2D eigenvalue weighted by atomic mass is 10.0. The number of hydrogen-bond acceptors (Lipinski definition) is 5. The van der Waals surface area contributed by atoms with Crippen LogP contribution in [0.25, 0.3) is 23.0 Å². The number of anilines is 1. The van der Waals surface area contributed by atoms with Crippen molar-refractivity contribution in [2.75, 3.05) is 5.73 Å². The second-order valence-corrected chi connectivity index (χ2v) is 4.86. The van der Waals surface area contributed by atoms with E-state index in [0.29, 0.717) is 17.4 Å². The highest BCUT2D eigenvalue weighted by Crippen LogP contribution is 2.29. The van der Waals surface area contributed by atoms with Gasteiger partial charge in [0.05, 0.1) is 18.1 Å². The average molecular weight is 269 g/mol. The molecule has 2 N–H and O–H groups in total. The van der Waals surface area contributed by atoms with Crippen molar-refractivity contribution in [1.82, 2.24) is 19.7 Å². The van der Waals surface area contributed by atoms with Crippen molar-refractivity contribution in [3.63, 3.8) is 0 Å². The molecule has 0 aliphatic heterocycles. The smallest absolute Gasteiger partial charge is 0.260 e. The molecule has 0 bridgehead atoms. The lowest BCUT2D eigenvalue weighted by Gasteiger charge is -2.06. The predicted molar refractivity (Wildman–Crippen MR) is 75.8 cm³/mol. The fourth-order valence-electron chi connectivity index (χ4n) is 2.17. The molecule has 102 valence electrons. The molecular formula is C14H15N5O. The molecule has 3 rings (SSSR count). The average Bonchev–Trinajstić information content (AvgIpc) is 3.02. The molecule has 0 unspecified atom stereocenters. The Kier molecular flexibility index (Phi) is 2.78. The first-order chi connectivity index (χ1) is 9.56. The van der Waals surface area contributed by atoms with Gasteiger partial charge in [0, 0.05) is 12.7 Å². The zero-order valence-corrected chi connectivity index (χ0v) is 11.6. The monoisotopic (exact) mass is 269 g/mol. The van der Waals surface area contributed by atoms with Gasteiger partial charge in [-0.25, -0.2) is 4.98 Å². The van der Waals surface area contributed by atoms with Gasteiger partial charge in [0.25, 0.3) is 5.89 Å². The second kappa shape index (κ2) is 4.48. The van der Waals surface area contributed by atoms with E-state index in [9.17, 15) is 0 Å². The molecular weight excluding hydrogens is 254 g/mol. The van der Waals surface area contributed by atoms with Gasteiger partial charge in [-0.15, -0.1) is 0 Å². The highest BCUT2D eigenvalue weighted by atomic mass is 16.5. The fraction of sp³-hybridized carbons (Fsp3) is 0.214. The third-order valence-electron chi connectivity index (χ3n) is 3.23. The zero-order chi connectivity index (χ0) is 14.3. The minimum absolute atomic E-state index is 0.422. The first-order valence-corrected chi connectivity index (χ1v) is 6.23. The summed E-state index contributed by atoms with van der Waals surface area (Å²) in [7, 11) is 1.88. The fourth-order valence-corrected chi connectivity index (χ4v) is 2.17. The van der Waals surface area contributed by atoms with Crippen LogP contribution in [0, 0.1) is 13.8 Å². The summed E-state index contributed by atoms with van der Waals surface area (Å²) in [5, 5.41) is 3.99. The van der Waals surface area contributed by atoms with E-state index >= 15 is 0 Å². The van der Waals surface area contributed by atoms with Crippen molar-refractivity contribution < 1.29 is 4.52 Å². The van der Waals surface area contributed by atoms with Crippen LogP contribution in [-0.4, -0.2) is 19.7 Å². The molecule has 2 heterocycles. The Hall–Kier alpha value is -2.63. The van der Waals surface area contributed by atoms with E-state index in [2.05, 4.69) is 15.1 Å². The van der Waals surface area contributed by atoms with Crippen LogP contribution in [0.5, 0.6) is 0 Å². The van der Waals surface area contributed by atoms with Crippen LogP contribution in [0.15, 0.2) is 29.2 Å². The van der Waals surface area contributed by atoms with Gasteiger partial charge in [0.2, 0.25) is 5.82 Å². The van der Waals surface area contributed by atoms with E-state index in [0.717, 1.165) is 22.4 Å². The number of nitrogens with zero attached hydrogens (tertiary/aromatic N) is 4. The number of rotatable bonds is 2. The third-order valence-corrected chi connectivity index (χ3v) is 3.23. The number of hydrogen-bond donors (Lipinski definition) is 1. The highest BCUT2D eigenvalue weighted by molar-refractivity contribution is 5.74. The van der Waals surface area contributed by atoms with Crippen molar-refractivity contribution in [2.45, 2.75) is 13.8 Å². The molecule has 0 amide bonds. The van der Waals surface area contributed by atoms with Crippen molar-refractivity contribution in [3.05, 3.63) is 35.8 Å². The SMILES string of the molecule is Cc1cc(C)c(N)c(-c2nc(-c3cncn3C)no2)c1. The van der Waals surface area contributed by atoms with E-state index < -0.39 is 0 Å². The van der Waals surface area contributed by atoms with E-state index in [1.807, 2.05) is 37.6 Å². The van der Waals surface area contributed by atoms with E-state index in [-0.39, 0.29) is 0 Å². The maximum absolute atomic E-state index is 6.10. The first-order valence-electron chi connectivity index (χ1n) is 6.23. The maximum Gasteiger partial charge on any atom is 0.260 e. The van der Waals surface area contributed by atoms with Crippen LogP contribution in [0.3, 0.4) is 0 Å². The van der Waals surface area contributed by atoms with E-state index in [1.54, 1.807) is 12.5 Å². The maximum atomic E-state index is 6.10. The summed E-state index contributed by atoms with van der Waals surface area (Å²) in [5.74, 6) is 0.920. The summed E-state index contributed by atoms with van der Waals surface area (Å²) in [5.41, 5.74) is 10.4. The number of nitrogen functional groups attached to an aromatic ring is 1. The number of imidazole rings is 1. The minimum Gasteiger partial charge on any atom is -0.398 e. The molecule has 0 atom stereocenters. The van der Waals surface area contributed by atoms with Crippen LogP contribution in [-0.2, 0) is 7.05 Å². The Morgan fingerprint density at radius 2 is 2.05 bits per heavy atom. The lowest BCUT2D eigenvalue weighted by molar-refractivity contribution is 0.432. The van der Waals surface area contributed by atoms with Crippen molar-refractivity contribution in [3.8, 4) is 23.0 Å². The van der Waals surface area contributed by atoms with Gasteiger partial charge in [-0.2, -0.15) is 4.98 Å². The molecule has 6 heteroatoms. The molecule has 0 spiro atoms. The molecule has 0 aliphatic rings. The molecule has 6 nitrogen and oxygen atoms in total. The van der Waals surface area contributed by atoms with Crippen LogP contribution in [0.2, 0.25) is 0 Å². The molecule has 3 aromatic rings. The summed E-state index contributed by atoms with van der Waals surface area (Å²) in [6.07, 6.45) is 3.38. The Labute approximate surface area is 116 Å². The van der Waals surface area contributed by atoms with E-state index in [4.69, 9.17) is 10.3 Å². The van der Waals surface area contributed by atoms with Gasteiger partial charge in [0.1, 0.15) is 5.69 Å². The van der Waals surface area contributed by atoms with Gasteiger partial charge >= 0.3 is 0 Å². The minimum atomic E-state index is 0.422.